The maximum Gasteiger partial charge on any atom is 0.416 e. The van der Waals surface area contributed by atoms with E-state index in [-0.39, 0.29) is 56.2 Å². The second-order valence-electron chi connectivity index (χ2n) is 8.96. The molecule has 41 heavy (non-hydrogen) atoms. The van der Waals surface area contributed by atoms with E-state index in [4.69, 9.17) is 27.9 Å². The monoisotopic (exact) mass is 601 g/mol. The lowest BCUT2D eigenvalue weighted by atomic mass is 9.96. The lowest BCUT2D eigenvalue weighted by Crippen LogP contribution is -2.26. The van der Waals surface area contributed by atoms with Gasteiger partial charge in [0.1, 0.15) is 23.1 Å². The van der Waals surface area contributed by atoms with Gasteiger partial charge in [0.05, 0.1) is 18.4 Å². The number of benzene rings is 3. The van der Waals surface area contributed by atoms with E-state index in [1.54, 1.807) is 30.3 Å². The van der Waals surface area contributed by atoms with Crippen molar-refractivity contribution in [1.82, 2.24) is 9.88 Å². The molecule has 0 unspecified atom stereocenters. The highest BCUT2D eigenvalue weighted by Crippen LogP contribution is 2.40. The van der Waals surface area contributed by atoms with Crippen LogP contribution in [0.4, 0.5) is 13.2 Å². The number of carbonyl (C=O) groups is 1. The molecule has 4 rings (SSSR count). The van der Waals surface area contributed by atoms with Gasteiger partial charge in [0.25, 0.3) is 11.5 Å². The average molecular weight is 602 g/mol. The molecule has 0 radical (unpaired) electrons. The number of phenols is 1. The van der Waals surface area contributed by atoms with Gasteiger partial charge in [-0.2, -0.15) is 18.4 Å². The first kappa shape index (κ1) is 29.5. The minimum atomic E-state index is -4.70. The number of amides is 1. The van der Waals surface area contributed by atoms with Gasteiger partial charge >= 0.3 is 6.18 Å². The molecular weight excluding hydrogens is 582 g/mol. The Hall–Kier alpha value is -4.46. The Balaban J connectivity index is 1.79. The van der Waals surface area contributed by atoms with Crippen molar-refractivity contribution in [3.8, 4) is 40.0 Å². The van der Waals surface area contributed by atoms with E-state index in [1.165, 1.54) is 37.3 Å². The number of aromatic amines is 1. The SMILES string of the molecule is COc1ccc(C(=O)N(C)Cc2cc(Cl)cc(-c3cc(-c4cc(C(F)(F)F)ccc4Cl)c(C#N)c(=O)[nH]3)c2O)cc1. The van der Waals surface area contributed by atoms with Crippen molar-refractivity contribution in [3.63, 3.8) is 0 Å². The van der Waals surface area contributed by atoms with Crippen LogP contribution in [0.2, 0.25) is 10.0 Å². The molecule has 0 saturated heterocycles. The number of aromatic hydroxyl groups is 1. The summed E-state index contributed by atoms with van der Waals surface area (Å²) in [6.07, 6.45) is -4.70. The standard InChI is InChI=1S/C29H20Cl2F3N3O4/c1-37(28(40)15-3-6-19(41-2)7-4-15)14-16-9-18(30)11-22(26(16)38)25-12-20(23(13-35)27(39)36-25)21-10-17(29(32,33)34)5-8-24(21)31/h3-12,38H,14H2,1-2H3,(H,36,39). The number of nitrogens with zero attached hydrogens (tertiary/aromatic N) is 2. The largest absolute Gasteiger partial charge is 0.507 e. The van der Waals surface area contributed by atoms with Gasteiger partial charge in [-0.3, -0.25) is 9.59 Å². The van der Waals surface area contributed by atoms with Gasteiger partial charge in [-0.15, -0.1) is 0 Å². The fraction of sp³-hybridized carbons (Fsp3) is 0.138. The first-order chi connectivity index (χ1) is 19.3. The fourth-order valence-corrected chi connectivity index (χ4v) is 4.66. The zero-order valence-corrected chi connectivity index (χ0v) is 22.9. The number of nitrogens with one attached hydrogen (secondary N) is 1. The molecule has 1 aromatic heterocycles. The second-order valence-corrected chi connectivity index (χ2v) is 9.80. The molecule has 0 fully saturated rings. The van der Waals surface area contributed by atoms with Crippen molar-refractivity contribution in [1.29, 1.82) is 5.26 Å². The van der Waals surface area contributed by atoms with Crippen molar-refractivity contribution < 1.29 is 27.8 Å². The van der Waals surface area contributed by atoms with Crippen LogP contribution in [0.1, 0.15) is 27.0 Å². The topological polar surface area (TPSA) is 106 Å². The molecule has 1 amide bonds. The summed E-state index contributed by atoms with van der Waals surface area (Å²) in [7, 11) is 3.02. The number of alkyl halides is 3. The van der Waals surface area contributed by atoms with Gasteiger partial charge in [0, 0.05) is 51.5 Å². The molecule has 3 aromatic carbocycles. The molecule has 0 aliphatic rings. The maximum atomic E-state index is 13.4. The Morgan fingerprint density at radius 3 is 2.34 bits per heavy atom. The summed E-state index contributed by atoms with van der Waals surface area (Å²) in [5.74, 6) is -0.129. The number of H-pyrrole nitrogens is 1. The molecule has 2 N–H and O–H groups in total. The summed E-state index contributed by atoms with van der Waals surface area (Å²) in [5, 5.41) is 20.8. The number of hydrogen-bond acceptors (Lipinski definition) is 5. The molecule has 0 aliphatic heterocycles. The van der Waals surface area contributed by atoms with E-state index in [9.17, 15) is 33.1 Å². The van der Waals surface area contributed by atoms with Crippen LogP contribution in [0, 0.1) is 11.3 Å². The van der Waals surface area contributed by atoms with Crippen molar-refractivity contribution >= 4 is 29.1 Å². The Labute approximate surface area is 241 Å². The summed E-state index contributed by atoms with van der Waals surface area (Å²) in [6.45, 7) is -0.0862. The number of phenolic OH excluding ortho intramolecular Hbond substituents is 1. The number of halogens is 5. The van der Waals surface area contributed by atoms with Crippen LogP contribution >= 0.6 is 23.2 Å². The van der Waals surface area contributed by atoms with Gasteiger partial charge in [-0.25, -0.2) is 0 Å². The smallest absolute Gasteiger partial charge is 0.416 e. The number of nitriles is 1. The van der Waals surface area contributed by atoms with Crippen molar-refractivity contribution in [2.24, 2.45) is 0 Å². The molecule has 0 aliphatic carbocycles. The Bertz CT molecular complexity index is 1750. The summed E-state index contributed by atoms with van der Waals surface area (Å²) >= 11 is 12.5. The predicted octanol–water partition coefficient (Wildman–Crippen LogP) is 6.89. The van der Waals surface area contributed by atoms with Gasteiger partial charge in [-0.1, -0.05) is 23.2 Å². The summed E-state index contributed by atoms with van der Waals surface area (Å²) < 4.78 is 45.3. The van der Waals surface area contributed by atoms with Crippen LogP contribution in [0.3, 0.4) is 0 Å². The minimum Gasteiger partial charge on any atom is -0.507 e. The first-order valence-corrected chi connectivity index (χ1v) is 12.6. The van der Waals surface area contributed by atoms with Crippen LogP contribution in [-0.4, -0.2) is 35.1 Å². The highest BCUT2D eigenvalue weighted by Gasteiger charge is 2.31. The molecular formula is C29H20Cl2F3N3O4. The highest BCUT2D eigenvalue weighted by molar-refractivity contribution is 6.33. The maximum absolute atomic E-state index is 13.4. The van der Waals surface area contributed by atoms with E-state index in [1.807, 2.05) is 0 Å². The van der Waals surface area contributed by atoms with Crippen molar-refractivity contribution in [2.45, 2.75) is 12.7 Å². The quantitative estimate of drug-likeness (QED) is 0.250. The zero-order chi connectivity index (χ0) is 30.1. The molecule has 7 nitrogen and oxygen atoms in total. The summed E-state index contributed by atoms with van der Waals surface area (Å²) in [5.41, 5.74) is -2.21. The number of ether oxygens (including phenoxy) is 1. The number of methoxy groups -OCH3 is 1. The first-order valence-electron chi connectivity index (χ1n) is 11.8. The fourth-order valence-electron chi connectivity index (χ4n) is 4.20. The van der Waals surface area contributed by atoms with Gasteiger partial charge in [0.2, 0.25) is 0 Å². The normalized spacial score (nSPS) is 11.2. The minimum absolute atomic E-state index is 0.0173. The molecule has 0 bridgehead atoms. The molecule has 0 saturated carbocycles. The van der Waals surface area contributed by atoms with E-state index in [0.29, 0.717) is 11.3 Å². The van der Waals surface area contributed by atoms with Crippen LogP contribution in [0.15, 0.2) is 65.5 Å². The van der Waals surface area contributed by atoms with E-state index in [2.05, 4.69) is 4.98 Å². The van der Waals surface area contributed by atoms with Crippen molar-refractivity contribution in [2.75, 3.05) is 14.2 Å². The molecule has 0 atom stereocenters. The molecule has 0 spiro atoms. The predicted molar refractivity (Wildman–Crippen MR) is 148 cm³/mol. The van der Waals surface area contributed by atoms with E-state index < -0.39 is 22.9 Å². The number of carbonyl (C=O) groups excluding carboxylic acids is 1. The molecule has 210 valence electrons. The lowest BCUT2D eigenvalue weighted by molar-refractivity contribution is -0.137. The zero-order valence-electron chi connectivity index (χ0n) is 21.4. The summed E-state index contributed by atoms with van der Waals surface area (Å²) in [6, 6.07) is 14.7. The van der Waals surface area contributed by atoms with Crippen LogP contribution in [0.25, 0.3) is 22.4 Å². The average Bonchev–Trinajstić information content (AvgIpc) is 2.93. The third kappa shape index (κ3) is 6.16. The van der Waals surface area contributed by atoms with E-state index >= 15 is 0 Å². The molecule has 12 heteroatoms. The van der Waals surface area contributed by atoms with Crippen LogP contribution in [0.5, 0.6) is 11.5 Å². The van der Waals surface area contributed by atoms with Crippen LogP contribution in [-0.2, 0) is 12.7 Å². The second kappa shape index (κ2) is 11.6. The lowest BCUT2D eigenvalue weighted by Gasteiger charge is -2.20. The third-order valence-corrected chi connectivity index (χ3v) is 6.81. The van der Waals surface area contributed by atoms with Crippen molar-refractivity contribution in [3.05, 3.63) is 103 Å². The van der Waals surface area contributed by atoms with Gasteiger partial charge in [0.15, 0.2) is 0 Å². The highest BCUT2D eigenvalue weighted by atomic mass is 35.5. The molecule has 1 heterocycles. The Morgan fingerprint density at radius 1 is 1.05 bits per heavy atom. The Kier molecular flexibility index (Phi) is 8.33. The number of rotatable bonds is 6. The number of pyridine rings is 1. The van der Waals surface area contributed by atoms with Gasteiger partial charge < -0.3 is 19.7 Å². The van der Waals surface area contributed by atoms with Gasteiger partial charge in [-0.05, 0) is 60.7 Å². The third-order valence-electron chi connectivity index (χ3n) is 6.26. The number of aromatic nitrogens is 1. The number of hydrogen-bond donors (Lipinski definition) is 2. The van der Waals surface area contributed by atoms with E-state index in [0.717, 1.165) is 18.2 Å². The molecule has 4 aromatic rings. The Morgan fingerprint density at radius 2 is 1.73 bits per heavy atom. The van der Waals surface area contributed by atoms with Crippen LogP contribution < -0.4 is 10.3 Å². The summed E-state index contributed by atoms with van der Waals surface area (Å²) in [4.78, 5) is 29.6.